The summed E-state index contributed by atoms with van der Waals surface area (Å²) in [7, 11) is 1.86. The molecule has 0 radical (unpaired) electrons. The van der Waals surface area contributed by atoms with Crippen LogP contribution in [-0.4, -0.2) is 35.7 Å². The van der Waals surface area contributed by atoms with Crippen LogP contribution >= 0.6 is 23.4 Å². The number of aryl methyl sites for hydroxylation is 2. The summed E-state index contributed by atoms with van der Waals surface area (Å²) in [5.74, 6) is 0.637. The molecule has 0 spiro atoms. The molecule has 0 fully saturated rings. The van der Waals surface area contributed by atoms with Crippen LogP contribution in [0.25, 0.3) is 11.4 Å². The summed E-state index contributed by atoms with van der Waals surface area (Å²) in [6.07, 6.45) is 0. The van der Waals surface area contributed by atoms with Crippen molar-refractivity contribution in [3.63, 3.8) is 0 Å². The molecule has 1 unspecified atom stereocenters. The third-order valence-electron chi connectivity index (χ3n) is 4.52. The number of hydrogen-bond donors (Lipinski definition) is 1. The van der Waals surface area contributed by atoms with Crippen LogP contribution < -0.4 is 5.32 Å². The summed E-state index contributed by atoms with van der Waals surface area (Å²) in [5, 5.41) is 16.9. The Hall–Kier alpha value is -2.32. The molecule has 1 amide bonds. The van der Waals surface area contributed by atoms with Crippen molar-refractivity contribution in [2.75, 3.05) is 5.32 Å². The second-order valence-electron chi connectivity index (χ2n) is 6.48. The van der Waals surface area contributed by atoms with E-state index in [0.29, 0.717) is 16.7 Å². The fourth-order valence-corrected chi connectivity index (χ4v) is 4.00. The zero-order chi connectivity index (χ0) is 20.4. The first-order valence-corrected chi connectivity index (χ1v) is 10.2. The lowest BCUT2D eigenvalue weighted by molar-refractivity contribution is -0.115. The smallest absolute Gasteiger partial charge is 0.237 e. The van der Waals surface area contributed by atoms with E-state index in [1.807, 2.05) is 63.6 Å². The number of anilines is 1. The van der Waals surface area contributed by atoms with E-state index < -0.39 is 0 Å². The summed E-state index contributed by atoms with van der Waals surface area (Å²) < 4.78 is 3.74. The van der Waals surface area contributed by atoms with Gasteiger partial charge in [0.05, 0.1) is 22.3 Å². The quantitative estimate of drug-likeness (QED) is 0.610. The molecule has 28 heavy (non-hydrogen) atoms. The Bertz CT molecular complexity index is 1010. The van der Waals surface area contributed by atoms with Gasteiger partial charge in [0.2, 0.25) is 5.91 Å². The molecule has 7 nitrogen and oxygen atoms in total. The average molecular weight is 419 g/mol. The zero-order valence-corrected chi connectivity index (χ0v) is 18.1. The molecule has 0 aliphatic rings. The fourth-order valence-electron chi connectivity index (χ4n) is 2.89. The van der Waals surface area contributed by atoms with Crippen LogP contribution in [0.4, 0.5) is 5.69 Å². The van der Waals surface area contributed by atoms with Crippen molar-refractivity contribution < 1.29 is 4.79 Å². The molecule has 2 aromatic heterocycles. The molecular formula is C19H23ClN6OS. The number of amides is 1. The van der Waals surface area contributed by atoms with Crippen LogP contribution in [0.1, 0.15) is 25.2 Å². The minimum Gasteiger partial charge on any atom is -0.322 e. The molecule has 0 saturated heterocycles. The van der Waals surface area contributed by atoms with Crippen LogP contribution in [-0.2, 0) is 18.4 Å². The van der Waals surface area contributed by atoms with Crippen LogP contribution in [0.2, 0.25) is 5.02 Å². The van der Waals surface area contributed by atoms with Crippen LogP contribution in [0.15, 0.2) is 29.4 Å². The highest BCUT2D eigenvalue weighted by atomic mass is 35.5. The number of hydrogen-bond acceptors (Lipinski definition) is 5. The van der Waals surface area contributed by atoms with E-state index in [1.165, 1.54) is 11.8 Å². The zero-order valence-electron chi connectivity index (χ0n) is 16.5. The second kappa shape index (κ2) is 8.36. The number of rotatable bonds is 6. The first kappa shape index (κ1) is 20.4. The van der Waals surface area contributed by atoms with Crippen molar-refractivity contribution >= 4 is 35.0 Å². The first-order chi connectivity index (χ1) is 13.3. The largest absolute Gasteiger partial charge is 0.322 e. The van der Waals surface area contributed by atoms with E-state index in [1.54, 1.807) is 4.68 Å². The first-order valence-electron chi connectivity index (χ1n) is 8.98. The molecule has 9 heteroatoms. The molecule has 3 aromatic rings. The van der Waals surface area contributed by atoms with Gasteiger partial charge in [0.15, 0.2) is 11.0 Å². The summed E-state index contributed by atoms with van der Waals surface area (Å²) in [4.78, 5) is 12.7. The number of nitrogens with one attached hydrogen (secondary N) is 1. The molecule has 1 N–H and O–H groups in total. The van der Waals surface area contributed by atoms with Crippen LogP contribution in [0.5, 0.6) is 0 Å². The number of carbonyl (C=O) groups excluding carboxylic acids is 1. The van der Waals surface area contributed by atoms with Crippen molar-refractivity contribution in [1.82, 2.24) is 24.5 Å². The maximum Gasteiger partial charge on any atom is 0.237 e. The Labute approximate surface area is 173 Å². The van der Waals surface area contributed by atoms with Gasteiger partial charge < -0.3 is 9.88 Å². The van der Waals surface area contributed by atoms with Gasteiger partial charge in [0, 0.05) is 24.2 Å². The monoisotopic (exact) mass is 418 g/mol. The van der Waals surface area contributed by atoms with Crippen LogP contribution in [0, 0.1) is 13.8 Å². The van der Waals surface area contributed by atoms with Gasteiger partial charge in [-0.25, -0.2) is 0 Å². The number of halogens is 1. The molecular weight excluding hydrogens is 396 g/mol. The maximum atomic E-state index is 12.7. The van der Waals surface area contributed by atoms with E-state index >= 15 is 0 Å². The van der Waals surface area contributed by atoms with Crippen molar-refractivity contribution in [3.8, 4) is 11.4 Å². The van der Waals surface area contributed by atoms with Gasteiger partial charge >= 0.3 is 0 Å². The third-order valence-corrected chi connectivity index (χ3v) is 5.84. The third kappa shape index (κ3) is 4.07. The summed E-state index contributed by atoms with van der Waals surface area (Å²) in [6.45, 7) is 8.37. The lowest BCUT2D eigenvalue weighted by atomic mass is 10.2. The standard InChI is InChI=1S/C19H23ClN6OS/c1-6-26-17(14-8-7-9-15(20)10-14)22-23-19(26)28-13(4)18(27)21-16-11(2)24-25(5)12(16)3/h7-10,13H,6H2,1-5H3,(H,21,27). The molecule has 0 bridgehead atoms. The topological polar surface area (TPSA) is 77.6 Å². The van der Waals surface area contributed by atoms with Crippen molar-refractivity contribution in [1.29, 1.82) is 0 Å². The van der Waals surface area contributed by atoms with E-state index in [-0.39, 0.29) is 11.2 Å². The highest BCUT2D eigenvalue weighted by Gasteiger charge is 2.22. The Morgan fingerprint density at radius 2 is 2.07 bits per heavy atom. The van der Waals surface area contributed by atoms with Crippen molar-refractivity contribution in [2.24, 2.45) is 7.05 Å². The predicted octanol–water partition coefficient (Wildman–Crippen LogP) is 4.09. The maximum absolute atomic E-state index is 12.7. The normalized spacial score (nSPS) is 12.2. The minimum atomic E-state index is -0.347. The van der Waals surface area contributed by atoms with Gasteiger partial charge in [-0.1, -0.05) is 35.5 Å². The fraction of sp³-hybridized carbons (Fsp3) is 0.368. The number of aromatic nitrogens is 5. The van der Waals surface area contributed by atoms with Crippen LogP contribution in [0.3, 0.4) is 0 Å². The second-order valence-corrected chi connectivity index (χ2v) is 8.22. The number of carbonyl (C=O) groups is 1. The van der Waals surface area contributed by atoms with Crippen molar-refractivity contribution in [3.05, 3.63) is 40.7 Å². The summed E-state index contributed by atoms with van der Waals surface area (Å²) in [6, 6.07) is 7.51. The minimum absolute atomic E-state index is 0.0980. The molecule has 148 valence electrons. The van der Waals surface area contributed by atoms with E-state index in [4.69, 9.17) is 11.6 Å². The number of nitrogens with zero attached hydrogens (tertiary/aromatic N) is 5. The average Bonchev–Trinajstić information content (AvgIpc) is 3.17. The lowest BCUT2D eigenvalue weighted by Gasteiger charge is -2.13. The Balaban J connectivity index is 1.78. The number of thioether (sulfide) groups is 1. The van der Waals surface area contributed by atoms with E-state index in [0.717, 1.165) is 28.5 Å². The van der Waals surface area contributed by atoms with Gasteiger partial charge in [-0.15, -0.1) is 10.2 Å². The van der Waals surface area contributed by atoms with Gasteiger partial charge in [0.25, 0.3) is 0 Å². The molecule has 1 aromatic carbocycles. The van der Waals surface area contributed by atoms with Gasteiger partial charge in [-0.2, -0.15) is 5.10 Å². The Morgan fingerprint density at radius 3 is 2.68 bits per heavy atom. The molecule has 3 rings (SSSR count). The summed E-state index contributed by atoms with van der Waals surface area (Å²) >= 11 is 7.48. The van der Waals surface area contributed by atoms with E-state index in [9.17, 15) is 4.79 Å². The SMILES string of the molecule is CCn1c(SC(C)C(=O)Nc2c(C)nn(C)c2C)nnc1-c1cccc(Cl)c1. The van der Waals surface area contributed by atoms with Gasteiger partial charge in [0.1, 0.15) is 0 Å². The highest BCUT2D eigenvalue weighted by Crippen LogP contribution is 2.29. The molecule has 1 atom stereocenters. The Morgan fingerprint density at radius 1 is 1.32 bits per heavy atom. The predicted molar refractivity (Wildman–Crippen MR) is 113 cm³/mol. The van der Waals surface area contributed by atoms with E-state index in [2.05, 4.69) is 20.6 Å². The Kier molecular flexibility index (Phi) is 6.10. The van der Waals surface area contributed by atoms with Crippen molar-refractivity contribution in [2.45, 2.75) is 44.6 Å². The summed E-state index contributed by atoms with van der Waals surface area (Å²) in [5.41, 5.74) is 3.37. The molecule has 2 heterocycles. The highest BCUT2D eigenvalue weighted by molar-refractivity contribution is 8.00. The molecule has 0 aliphatic heterocycles. The number of benzene rings is 1. The van der Waals surface area contributed by atoms with Gasteiger partial charge in [-0.3, -0.25) is 9.48 Å². The molecule has 0 saturated carbocycles. The van der Waals surface area contributed by atoms with Gasteiger partial charge in [-0.05, 0) is 39.8 Å². The lowest BCUT2D eigenvalue weighted by Crippen LogP contribution is -2.23. The molecule has 0 aliphatic carbocycles.